The molecular weight excluding hydrogens is 650 g/mol. The third kappa shape index (κ3) is 17.6. The summed E-state index contributed by atoms with van der Waals surface area (Å²) in [5.41, 5.74) is 4.11. The Bertz CT molecular complexity index is 1280. The van der Waals surface area contributed by atoms with Crippen LogP contribution in [0, 0.1) is 0 Å². The maximum Gasteiger partial charge on any atom is 0.407 e. The van der Waals surface area contributed by atoms with Gasteiger partial charge in [-0.2, -0.15) is 0 Å². The predicted molar refractivity (Wildman–Crippen MR) is 194 cm³/mol. The van der Waals surface area contributed by atoms with Crippen LogP contribution in [0.25, 0.3) is 0 Å². The molecule has 3 N–H and O–H groups in total. The van der Waals surface area contributed by atoms with Crippen LogP contribution in [0.2, 0.25) is 0 Å². The van der Waals surface area contributed by atoms with Crippen molar-refractivity contribution in [2.75, 3.05) is 52.6 Å². The second-order valence-electron chi connectivity index (χ2n) is 11.7. The Kier molecular flexibility index (Phi) is 18.7. The van der Waals surface area contributed by atoms with Gasteiger partial charge in [-0.25, -0.2) is 9.59 Å². The minimum absolute atomic E-state index is 0.191. The average molecular weight is 700 g/mol. The summed E-state index contributed by atoms with van der Waals surface area (Å²) in [6, 6.07) is 39.2. The molecule has 4 rings (SSSR count). The van der Waals surface area contributed by atoms with E-state index in [4.69, 9.17) is 28.4 Å². The Morgan fingerprint density at radius 2 is 0.686 bits per heavy atom. The Hall–Kier alpha value is -4.78. The van der Waals surface area contributed by atoms with Gasteiger partial charge in [0.15, 0.2) is 12.2 Å². The van der Waals surface area contributed by atoms with Gasteiger partial charge in [-0.1, -0.05) is 121 Å². The minimum Gasteiger partial charge on any atom is -0.441 e. The molecule has 0 spiro atoms. The number of alkyl carbamates (subject to hydrolysis) is 2. The monoisotopic (exact) mass is 699 g/mol. The smallest absolute Gasteiger partial charge is 0.407 e. The molecule has 0 saturated carbocycles. The molecule has 51 heavy (non-hydrogen) atoms. The molecular formula is C40H49N3O8. The first-order valence-electron chi connectivity index (χ1n) is 17.2. The number of carbonyl (C=O) groups excluding carboxylic acids is 2. The molecule has 11 nitrogen and oxygen atoms in total. The van der Waals surface area contributed by atoms with Crippen molar-refractivity contribution < 1.29 is 38.0 Å². The fraction of sp³-hybridized carbons (Fsp3) is 0.350. The normalized spacial score (nSPS) is 11.0. The van der Waals surface area contributed by atoms with Crippen molar-refractivity contribution in [3.8, 4) is 0 Å². The second-order valence-corrected chi connectivity index (χ2v) is 11.7. The number of amides is 2. The fourth-order valence-corrected chi connectivity index (χ4v) is 4.78. The lowest BCUT2D eigenvalue weighted by atomic mass is 10.2. The van der Waals surface area contributed by atoms with Gasteiger partial charge in [-0.05, 0) is 22.3 Å². The van der Waals surface area contributed by atoms with Crippen LogP contribution in [-0.4, -0.2) is 77.0 Å². The SMILES string of the molecule is O=C(NCCNCCNC(=O)OC(COCc1ccccc1)COCc1ccccc1)OC(COCc1ccccc1)COCc1ccccc1. The van der Waals surface area contributed by atoms with Crippen LogP contribution in [0.5, 0.6) is 0 Å². The maximum absolute atomic E-state index is 12.5. The first-order chi connectivity index (χ1) is 25.1. The van der Waals surface area contributed by atoms with Crippen molar-refractivity contribution in [3.05, 3.63) is 144 Å². The quantitative estimate of drug-likeness (QED) is 0.0798. The number of ether oxygens (including phenoxy) is 6. The maximum atomic E-state index is 12.5. The van der Waals surface area contributed by atoms with Crippen LogP contribution in [0.1, 0.15) is 22.3 Å². The summed E-state index contributed by atoms with van der Waals surface area (Å²) in [5, 5.41) is 8.66. The lowest BCUT2D eigenvalue weighted by molar-refractivity contribution is -0.0358. The van der Waals surface area contributed by atoms with Crippen molar-refractivity contribution >= 4 is 12.2 Å². The Morgan fingerprint density at radius 1 is 0.412 bits per heavy atom. The van der Waals surface area contributed by atoms with Crippen molar-refractivity contribution in [2.45, 2.75) is 38.6 Å². The van der Waals surface area contributed by atoms with Gasteiger partial charge >= 0.3 is 12.2 Å². The molecule has 11 heteroatoms. The molecule has 0 aliphatic rings. The number of hydrogen-bond donors (Lipinski definition) is 3. The van der Waals surface area contributed by atoms with E-state index in [2.05, 4.69) is 16.0 Å². The average Bonchev–Trinajstić information content (AvgIpc) is 3.16. The van der Waals surface area contributed by atoms with E-state index in [9.17, 15) is 9.59 Å². The van der Waals surface area contributed by atoms with Crippen LogP contribution >= 0.6 is 0 Å². The van der Waals surface area contributed by atoms with E-state index in [1.54, 1.807) is 0 Å². The molecule has 272 valence electrons. The third-order valence-corrected chi connectivity index (χ3v) is 7.35. The number of nitrogens with one attached hydrogen (secondary N) is 3. The van der Waals surface area contributed by atoms with Crippen LogP contribution in [0.4, 0.5) is 9.59 Å². The standard InChI is InChI=1S/C40H49N3O8/c44-39(50-37(29-46-25-33-13-5-1-6-14-33)30-47-26-34-15-7-2-8-16-34)42-23-21-41-22-24-43-40(45)51-38(31-48-27-35-17-9-3-10-18-35)32-49-28-36-19-11-4-12-20-36/h1-20,37-38,41H,21-32H2,(H,42,44)(H,43,45). The van der Waals surface area contributed by atoms with E-state index >= 15 is 0 Å². The summed E-state index contributed by atoms with van der Waals surface area (Å²) < 4.78 is 34.5. The molecule has 0 aromatic heterocycles. The Labute approximate surface area is 300 Å². The highest BCUT2D eigenvalue weighted by Crippen LogP contribution is 2.08. The van der Waals surface area contributed by atoms with Crippen molar-refractivity contribution in [2.24, 2.45) is 0 Å². The number of benzene rings is 4. The summed E-state index contributed by atoms with van der Waals surface area (Å²) in [6.07, 6.45) is -2.30. The van der Waals surface area contributed by atoms with Gasteiger partial charge in [-0.3, -0.25) is 0 Å². The highest BCUT2D eigenvalue weighted by atomic mass is 16.6. The molecule has 4 aromatic rings. The predicted octanol–water partition coefficient (Wildman–Crippen LogP) is 5.63. The second kappa shape index (κ2) is 24.4. The van der Waals surface area contributed by atoms with E-state index in [-0.39, 0.29) is 26.4 Å². The Morgan fingerprint density at radius 3 is 0.961 bits per heavy atom. The molecule has 2 amide bonds. The molecule has 0 saturated heterocycles. The third-order valence-electron chi connectivity index (χ3n) is 7.35. The van der Waals surface area contributed by atoms with Gasteiger partial charge in [0, 0.05) is 26.2 Å². The van der Waals surface area contributed by atoms with E-state index in [1.165, 1.54) is 0 Å². The van der Waals surface area contributed by atoms with E-state index in [0.29, 0.717) is 52.6 Å². The zero-order chi connectivity index (χ0) is 35.6. The van der Waals surface area contributed by atoms with Gasteiger partial charge in [0.2, 0.25) is 0 Å². The molecule has 0 aliphatic carbocycles. The van der Waals surface area contributed by atoms with E-state index in [0.717, 1.165) is 22.3 Å². The summed E-state index contributed by atoms with van der Waals surface area (Å²) in [6.45, 7) is 3.95. The molecule has 0 heterocycles. The Balaban J connectivity index is 1.10. The van der Waals surface area contributed by atoms with Gasteiger partial charge in [0.1, 0.15) is 0 Å². The molecule has 0 unspecified atom stereocenters. The van der Waals surface area contributed by atoms with Gasteiger partial charge in [0.25, 0.3) is 0 Å². The molecule has 4 aromatic carbocycles. The lowest BCUT2D eigenvalue weighted by Crippen LogP contribution is -2.40. The molecule has 0 atom stereocenters. The van der Waals surface area contributed by atoms with Crippen molar-refractivity contribution in [1.29, 1.82) is 0 Å². The van der Waals surface area contributed by atoms with Crippen LogP contribution in [0.3, 0.4) is 0 Å². The molecule has 0 fully saturated rings. The molecule has 0 aliphatic heterocycles. The zero-order valence-electron chi connectivity index (χ0n) is 29.0. The number of hydrogen-bond acceptors (Lipinski definition) is 9. The molecule has 0 bridgehead atoms. The van der Waals surface area contributed by atoms with Crippen LogP contribution in [-0.2, 0) is 54.8 Å². The lowest BCUT2D eigenvalue weighted by Gasteiger charge is -2.19. The summed E-state index contributed by atoms with van der Waals surface area (Å²) in [5.74, 6) is 0. The fourth-order valence-electron chi connectivity index (χ4n) is 4.78. The van der Waals surface area contributed by atoms with Gasteiger partial charge < -0.3 is 44.4 Å². The highest BCUT2D eigenvalue weighted by molar-refractivity contribution is 5.67. The topological polar surface area (TPSA) is 126 Å². The first kappa shape index (κ1) is 39.0. The number of rotatable bonds is 24. The minimum atomic E-state index is -0.586. The van der Waals surface area contributed by atoms with Crippen LogP contribution in [0.15, 0.2) is 121 Å². The van der Waals surface area contributed by atoms with Crippen molar-refractivity contribution in [3.63, 3.8) is 0 Å². The summed E-state index contributed by atoms with van der Waals surface area (Å²) >= 11 is 0. The zero-order valence-corrected chi connectivity index (χ0v) is 29.0. The van der Waals surface area contributed by atoms with E-state index < -0.39 is 24.4 Å². The first-order valence-corrected chi connectivity index (χ1v) is 17.2. The molecule has 0 radical (unpaired) electrons. The van der Waals surface area contributed by atoms with Crippen molar-refractivity contribution in [1.82, 2.24) is 16.0 Å². The van der Waals surface area contributed by atoms with Crippen LogP contribution < -0.4 is 16.0 Å². The largest absolute Gasteiger partial charge is 0.441 e. The summed E-state index contributed by atoms with van der Waals surface area (Å²) in [7, 11) is 0. The van der Waals surface area contributed by atoms with Gasteiger partial charge in [0.05, 0.1) is 52.9 Å². The highest BCUT2D eigenvalue weighted by Gasteiger charge is 2.17. The summed E-state index contributed by atoms with van der Waals surface area (Å²) in [4.78, 5) is 25.1. The van der Waals surface area contributed by atoms with Gasteiger partial charge in [-0.15, -0.1) is 0 Å². The van der Waals surface area contributed by atoms with E-state index in [1.807, 2.05) is 121 Å². The number of carbonyl (C=O) groups is 2.